The summed E-state index contributed by atoms with van der Waals surface area (Å²) < 4.78 is 10.7. The second kappa shape index (κ2) is 6.80. The Morgan fingerprint density at radius 3 is 2.64 bits per heavy atom. The SMILES string of the molecule is CCOc1ccccc1C(=O)NCc1cc(C(=O)O)c(C)o1. The Morgan fingerprint density at radius 2 is 2.00 bits per heavy atom. The molecule has 0 aliphatic carbocycles. The summed E-state index contributed by atoms with van der Waals surface area (Å²) in [5.74, 6) is -0.163. The van der Waals surface area contributed by atoms with Crippen LogP contribution in [0.15, 0.2) is 34.7 Å². The number of amides is 1. The van der Waals surface area contributed by atoms with E-state index in [1.165, 1.54) is 6.07 Å². The quantitative estimate of drug-likeness (QED) is 0.856. The lowest BCUT2D eigenvalue weighted by molar-refractivity contribution is 0.0694. The molecule has 0 fully saturated rings. The van der Waals surface area contributed by atoms with Crippen LogP contribution in [-0.4, -0.2) is 23.6 Å². The maximum atomic E-state index is 12.2. The molecule has 0 saturated carbocycles. The fourth-order valence-corrected chi connectivity index (χ4v) is 2.04. The normalized spacial score (nSPS) is 10.3. The second-order valence-electron chi connectivity index (χ2n) is 4.60. The minimum Gasteiger partial charge on any atom is -0.493 e. The van der Waals surface area contributed by atoms with E-state index in [1.807, 2.05) is 6.92 Å². The van der Waals surface area contributed by atoms with Gasteiger partial charge in [-0.05, 0) is 32.0 Å². The number of carboxylic acid groups (broad SMARTS) is 1. The summed E-state index contributed by atoms with van der Waals surface area (Å²) in [6, 6.07) is 8.33. The smallest absolute Gasteiger partial charge is 0.339 e. The van der Waals surface area contributed by atoms with Crippen LogP contribution in [0.2, 0.25) is 0 Å². The van der Waals surface area contributed by atoms with E-state index < -0.39 is 5.97 Å². The lowest BCUT2D eigenvalue weighted by Crippen LogP contribution is -2.23. The van der Waals surface area contributed by atoms with Crippen molar-refractivity contribution < 1.29 is 23.8 Å². The first-order chi connectivity index (χ1) is 10.5. The molecule has 0 atom stereocenters. The molecule has 6 nitrogen and oxygen atoms in total. The van der Waals surface area contributed by atoms with E-state index in [0.717, 1.165) is 0 Å². The Hall–Kier alpha value is -2.76. The lowest BCUT2D eigenvalue weighted by Gasteiger charge is -2.09. The van der Waals surface area contributed by atoms with Gasteiger partial charge in [0.15, 0.2) is 0 Å². The number of rotatable bonds is 6. The summed E-state index contributed by atoms with van der Waals surface area (Å²) in [5.41, 5.74) is 0.519. The van der Waals surface area contributed by atoms with Crippen LogP contribution in [0.4, 0.5) is 0 Å². The highest BCUT2D eigenvalue weighted by atomic mass is 16.5. The third kappa shape index (κ3) is 3.46. The molecular weight excluding hydrogens is 286 g/mol. The molecule has 1 amide bonds. The molecule has 2 rings (SSSR count). The number of benzene rings is 1. The van der Waals surface area contributed by atoms with Gasteiger partial charge >= 0.3 is 5.97 Å². The van der Waals surface area contributed by atoms with Crippen molar-refractivity contribution in [2.24, 2.45) is 0 Å². The first kappa shape index (κ1) is 15.6. The van der Waals surface area contributed by atoms with Crippen LogP contribution in [-0.2, 0) is 6.54 Å². The van der Waals surface area contributed by atoms with Gasteiger partial charge in [-0.3, -0.25) is 4.79 Å². The van der Waals surface area contributed by atoms with E-state index in [-0.39, 0.29) is 18.0 Å². The van der Waals surface area contributed by atoms with Crippen molar-refractivity contribution in [2.45, 2.75) is 20.4 Å². The number of aryl methyl sites for hydroxylation is 1. The van der Waals surface area contributed by atoms with Gasteiger partial charge in [0.05, 0.1) is 18.7 Å². The minimum atomic E-state index is -1.06. The first-order valence-electron chi connectivity index (χ1n) is 6.85. The molecule has 1 aromatic carbocycles. The average molecular weight is 303 g/mol. The average Bonchev–Trinajstić information content (AvgIpc) is 2.87. The summed E-state index contributed by atoms with van der Waals surface area (Å²) in [7, 11) is 0. The Kier molecular flexibility index (Phi) is 4.83. The van der Waals surface area contributed by atoms with Gasteiger partial charge < -0.3 is 19.6 Å². The molecule has 0 unspecified atom stereocenters. The zero-order valence-corrected chi connectivity index (χ0v) is 12.4. The molecule has 6 heteroatoms. The number of hydrogen-bond donors (Lipinski definition) is 2. The van der Waals surface area contributed by atoms with Crippen LogP contribution in [0.3, 0.4) is 0 Å². The number of nitrogens with one attached hydrogen (secondary N) is 1. The monoisotopic (exact) mass is 303 g/mol. The molecule has 22 heavy (non-hydrogen) atoms. The van der Waals surface area contributed by atoms with Gasteiger partial charge in [-0.25, -0.2) is 4.79 Å². The van der Waals surface area contributed by atoms with Gasteiger partial charge in [0.2, 0.25) is 0 Å². The van der Waals surface area contributed by atoms with Gasteiger partial charge in [0.25, 0.3) is 5.91 Å². The molecule has 116 valence electrons. The Balaban J connectivity index is 2.07. The molecule has 1 heterocycles. The summed E-state index contributed by atoms with van der Waals surface area (Å²) in [5, 5.41) is 11.7. The first-order valence-corrected chi connectivity index (χ1v) is 6.85. The number of furan rings is 1. The highest BCUT2D eigenvalue weighted by Gasteiger charge is 2.16. The van der Waals surface area contributed by atoms with Crippen LogP contribution in [0, 0.1) is 6.92 Å². The largest absolute Gasteiger partial charge is 0.493 e. The highest BCUT2D eigenvalue weighted by Crippen LogP contribution is 2.18. The number of carbonyl (C=O) groups excluding carboxylic acids is 1. The van der Waals surface area contributed by atoms with Crippen LogP contribution < -0.4 is 10.1 Å². The maximum Gasteiger partial charge on any atom is 0.339 e. The van der Waals surface area contributed by atoms with E-state index in [4.69, 9.17) is 14.3 Å². The zero-order chi connectivity index (χ0) is 16.1. The van der Waals surface area contributed by atoms with E-state index in [9.17, 15) is 9.59 Å². The Morgan fingerprint density at radius 1 is 1.27 bits per heavy atom. The van der Waals surface area contributed by atoms with E-state index in [2.05, 4.69) is 5.32 Å². The standard InChI is InChI=1S/C16H17NO5/c1-3-21-14-7-5-4-6-12(14)15(18)17-9-11-8-13(16(19)20)10(2)22-11/h4-8H,3,9H2,1-2H3,(H,17,18)(H,19,20). The molecule has 0 aliphatic heterocycles. The van der Waals surface area contributed by atoms with Gasteiger partial charge in [0, 0.05) is 0 Å². The maximum absolute atomic E-state index is 12.2. The molecule has 0 spiro atoms. The molecule has 0 bridgehead atoms. The van der Waals surface area contributed by atoms with Gasteiger partial charge in [-0.2, -0.15) is 0 Å². The molecule has 2 aromatic rings. The fraction of sp³-hybridized carbons (Fsp3) is 0.250. The highest BCUT2D eigenvalue weighted by molar-refractivity contribution is 5.96. The summed E-state index contributed by atoms with van der Waals surface area (Å²) in [4.78, 5) is 23.1. The predicted molar refractivity (Wildman–Crippen MR) is 79.2 cm³/mol. The summed E-state index contributed by atoms with van der Waals surface area (Å²) >= 11 is 0. The van der Waals surface area contributed by atoms with Gasteiger partial charge in [-0.15, -0.1) is 0 Å². The number of carboxylic acids is 1. The van der Waals surface area contributed by atoms with Crippen molar-refractivity contribution >= 4 is 11.9 Å². The molecule has 0 radical (unpaired) electrons. The zero-order valence-electron chi connectivity index (χ0n) is 12.4. The molecule has 2 N–H and O–H groups in total. The van der Waals surface area contributed by atoms with Crippen molar-refractivity contribution in [3.8, 4) is 5.75 Å². The molecule has 0 saturated heterocycles. The number of ether oxygens (including phenoxy) is 1. The Labute approximate surface area is 127 Å². The van der Waals surface area contributed by atoms with Crippen molar-refractivity contribution in [1.29, 1.82) is 0 Å². The third-order valence-electron chi connectivity index (χ3n) is 3.05. The molecular formula is C16H17NO5. The van der Waals surface area contributed by atoms with E-state index >= 15 is 0 Å². The molecule has 1 aromatic heterocycles. The van der Waals surface area contributed by atoms with Crippen LogP contribution in [0.5, 0.6) is 5.75 Å². The van der Waals surface area contributed by atoms with Crippen molar-refractivity contribution in [3.05, 3.63) is 53.0 Å². The van der Waals surface area contributed by atoms with E-state index in [1.54, 1.807) is 31.2 Å². The summed E-state index contributed by atoms with van der Waals surface area (Å²) in [6.07, 6.45) is 0. The number of para-hydroxylation sites is 1. The van der Waals surface area contributed by atoms with Crippen LogP contribution in [0.25, 0.3) is 0 Å². The number of carbonyl (C=O) groups is 2. The van der Waals surface area contributed by atoms with E-state index in [0.29, 0.717) is 29.4 Å². The van der Waals surface area contributed by atoms with Crippen molar-refractivity contribution in [3.63, 3.8) is 0 Å². The minimum absolute atomic E-state index is 0.0963. The number of hydrogen-bond acceptors (Lipinski definition) is 4. The van der Waals surface area contributed by atoms with Gasteiger partial charge in [-0.1, -0.05) is 12.1 Å². The van der Waals surface area contributed by atoms with Crippen molar-refractivity contribution in [1.82, 2.24) is 5.32 Å². The predicted octanol–water partition coefficient (Wildman–Crippen LogP) is 2.61. The topological polar surface area (TPSA) is 88.8 Å². The summed E-state index contributed by atoms with van der Waals surface area (Å²) in [6.45, 7) is 3.98. The lowest BCUT2D eigenvalue weighted by atomic mass is 10.2. The Bertz CT molecular complexity index is 690. The number of aromatic carboxylic acids is 1. The second-order valence-corrected chi connectivity index (χ2v) is 4.60. The van der Waals surface area contributed by atoms with Crippen LogP contribution in [0.1, 0.15) is 39.2 Å². The van der Waals surface area contributed by atoms with Crippen LogP contribution >= 0.6 is 0 Å². The molecule has 0 aliphatic rings. The third-order valence-corrected chi connectivity index (χ3v) is 3.05. The van der Waals surface area contributed by atoms with Gasteiger partial charge in [0.1, 0.15) is 22.8 Å². The van der Waals surface area contributed by atoms with Crippen molar-refractivity contribution in [2.75, 3.05) is 6.61 Å². The fourth-order valence-electron chi connectivity index (χ4n) is 2.04.